The number of hydrogen-bond donors (Lipinski definition) is 0. The molecule has 0 N–H and O–H groups in total. The number of ether oxygens (including phenoxy) is 1. The number of carbonyl (C=O) groups excluding carboxylic acids is 2. The molecule has 1 aliphatic heterocycles. The van der Waals surface area contributed by atoms with Crippen LogP contribution in [0, 0.1) is 5.92 Å². The molecule has 1 aliphatic carbocycles. The molecule has 2 aliphatic rings. The SMILES string of the molecule is O=C1OC(=O)C2(Cl)C(Cl)=CC=CC12. The summed E-state index contributed by atoms with van der Waals surface area (Å²) in [5, 5.41) is 0.123. The van der Waals surface area contributed by atoms with E-state index < -0.39 is 22.7 Å². The van der Waals surface area contributed by atoms with Gasteiger partial charge >= 0.3 is 11.9 Å². The second-order valence-electron chi connectivity index (χ2n) is 2.80. The van der Waals surface area contributed by atoms with Gasteiger partial charge in [0.25, 0.3) is 0 Å². The van der Waals surface area contributed by atoms with Gasteiger partial charge in [-0.25, -0.2) is 4.79 Å². The van der Waals surface area contributed by atoms with Gasteiger partial charge in [-0.1, -0.05) is 35.4 Å². The molecule has 2 atom stereocenters. The third-order valence-electron chi connectivity index (χ3n) is 2.07. The normalized spacial score (nSPS) is 37.1. The van der Waals surface area contributed by atoms with Gasteiger partial charge in [-0.15, -0.1) is 0 Å². The van der Waals surface area contributed by atoms with Crippen LogP contribution in [-0.2, 0) is 14.3 Å². The number of fused-ring (bicyclic) bond motifs is 1. The summed E-state index contributed by atoms with van der Waals surface area (Å²) in [4.78, 5) is 20.8. The number of esters is 2. The molecule has 13 heavy (non-hydrogen) atoms. The van der Waals surface area contributed by atoms with Gasteiger partial charge in [0.15, 0.2) is 4.87 Å². The third kappa shape index (κ3) is 0.974. The number of allylic oxidation sites excluding steroid dienone is 2. The lowest BCUT2D eigenvalue weighted by Crippen LogP contribution is -2.36. The van der Waals surface area contributed by atoms with Crippen molar-refractivity contribution in [2.75, 3.05) is 0 Å². The average Bonchev–Trinajstić information content (AvgIpc) is 2.29. The molecular weight excluding hydrogens is 215 g/mol. The van der Waals surface area contributed by atoms with Gasteiger partial charge in [0.05, 0.1) is 5.03 Å². The van der Waals surface area contributed by atoms with E-state index in [2.05, 4.69) is 4.74 Å². The Morgan fingerprint density at radius 1 is 1.46 bits per heavy atom. The fraction of sp³-hybridized carbons (Fsp3) is 0.250. The first-order valence-electron chi connectivity index (χ1n) is 3.56. The van der Waals surface area contributed by atoms with Crippen molar-refractivity contribution in [3.63, 3.8) is 0 Å². The number of cyclic esters (lactones) is 2. The molecule has 0 bridgehead atoms. The van der Waals surface area contributed by atoms with Crippen molar-refractivity contribution in [1.82, 2.24) is 0 Å². The minimum Gasteiger partial charge on any atom is -0.391 e. The molecule has 2 unspecified atom stereocenters. The standard InChI is InChI=1S/C8H4Cl2O3/c9-5-3-1-2-4-6(11)13-7(12)8(4,5)10/h1-4H. The van der Waals surface area contributed by atoms with Crippen molar-refractivity contribution in [2.45, 2.75) is 4.87 Å². The van der Waals surface area contributed by atoms with Crippen LogP contribution in [0.3, 0.4) is 0 Å². The van der Waals surface area contributed by atoms with Crippen molar-refractivity contribution in [2.24, 2.45) is 5.92 Å². The Bertz CT molecular complexity index is 358. The maximum Gasteiger partial charge on any atom is 0.341 e. The highest BCUT2D eigenvalue weighted by atomic mass is 35.5. The Labute approximate surface area is 83.9 Å². The maximum absolute atomic E-state index is 11.2. The minimum atomic E-state index is -1.52. The second-order valence-corrected chi connectivity index (χ2v) is 3.80. The van der Waals surface area contributed by atoms with Crippen LogP contribution < -0.4 is 0 Å². The van der Waals surface area contributed by atoms with Gasteiger partial charge in [0.1, 0.15) is 5.92 Å². The molecule has 68 valence electrons. The van der Waals surface area contributed by atoms with E-state index in [1.54, 1.807) is 6.08 Å². The molecule has 0 amide bonds. The summed E-state index contributed by atoms with van der Waals surface area (Å²) in [6.45, 7) is 0. The van der Waals surface area contributed by atoms with Gasteiger partial charge in [-0.2, -0.15) is 0 Å². The molecule has 2 rings (SSSR count). The zero-order chi connectivity index (χ0) is 9.64. The summed E-state index contributed by atoms with van der Waals surface area (Å²) in [5.74, 6) is -2.24. The summed E-state index contributed by atoms with van der Waals surface area (Å²) in [5.41, 5.74) is 0. The molecule has 0 radical (unpaired) electrons. The van der Waals surface area contributed by atoms with Crippen molar-refractivity contribution < 1.29 is 14.3 Å². The van der Waals surface area contributed by atoms with Crippen LogP contribution in [0.5, 0.6) is 0 Å². The molecule has 0 aromatic carbocycles. The van der Waals surface area contributed by atoms with Crippen LogP contribution in [0.2, 0.25) is 0 Å². The van der Waals surface area contributed by atoms with Crippen molar-refractivity contribution in [1.29, 1.82) is 0 Å². The summed E-state index contributed by atoms with van der Waals surface area (Å²) in [6, 6.07) is 0. The van der Waals surface area contributed by atoms with E-state index in [9.17, 15) is 9.59 Å². The quantitative estimate of drug-likeness (QED) is 0.351. The van der Waals surface area contributed by atoms with Crippen LogP contribution in [0.25, 0.3) is 0 Å². The van der Waals surface area contributed by atoms with E-state index in [1.165, 1.54) is 12.2 Å². The molecule has 1 heterocycles. The highest BCUT2D eigenvalue weighted by Gasteiger charge is 2.58. The number of rotatable bonds is 0. The minimum absolute atomic E-state index is 0.123. The number of carbonyl (C=O) groups is 2. The molecule has 5 heteroatoms. The molecular formula is C8H4Cl2O3. The summed E-state index contributed by atoms with van der Waals surface area (Å²) in [7, 11) is 0. The van der Waals surface area contributed by atoms with Crippen LogP contribution in [-0.4, -0.2) is 16.8 Å². The maximum atomic E-state index is 11.2. The summed E-state index contributed by atoms with van der Waals surface area (Å²) < 4.78 is 4.40. The molecule has 3 nitrogen and oxygen atoms in total. The van der Waals surface area contributed by atoms with Crippen LogP contribution in [0.1, 0.15) is 0 Å². The van der Waals surface area contributed by atoms with Gasteiger partial charge in [-0.3, -0.25) is 4.79 Å². The first-order chi connectivity index (χ1) is 6.06. The molecule has 0 aromatic heterocycles. The van der Waals surface area contributed by atoms with E-state index in [4.69, 9.17) is 23.2 Å². The Morgan fingerprint density at radius 2 is 2.15 bits per heavy atom. The van der Waals surface area contributed by atoms with Crippen molar-refractivity contribution in [3.05, 3.63) is 23.3 Å². The summed E-state index contributed by atoms with van der Waals surface area (Å²) in [6.07, 6.45) is 4.56. The van der Waals surface area contributed by atoms with E-state index >= 15 is 0 Å². The van der Waals surface area contributed by atoms with Gasteiger partial charge < -0.3 is 4.74 Å². The van der Waals surface area contributed by atoms with E-state index in [-0.39, 0.29) is 5.03 Å². The van der Waals surface area contributed by atoms with Crippen molar-refractivity contribution >= 4 is 35.1 Å². The first-order valence-corrected chi connectivity index (χ1v) is 4.32. The zero-order valence-electron chi connectivity index (χ0n) is 6.29. The molecule has 1 saturated heterocycles. The van der Waals surface area contributed by atoms with Gasteiger partial charge in [0.2, 0.25) is 0 Å². The number of hydrogen-bond acceptors (Lipinski definition) is 3. The molecule has 0 spiro atoms. The Balaban J connectivity index is 2.55. The highest BCUT2D eigenvalue weighted by Crippen LogP contribution is 2.44. The van der Waals surface area contributed by atoms with E-state index in [0.29, 0.717) is 0 Å². The number of alkyl halides is 1. The first kappa shape index (κ1) is 8.78. The Morgan fingerprint density at radius 3 is 2.77 bits per heavy atom. The zero-order valence-corrected chi connectivity index (χ0v) is 7.80. The molecule has 0 aromatic rings. The van der Waals surface area contributed by atoms with E-state index in [0.717, 1.165) is 0 Å². The second kappa shape index (κ2) is 2.59. The number of halogens is 2. The Kier molecular flexibility index (Phi) is 1.75. The van der Waals surface area contributed by atoms with Crippen molar-refractivity contribution in [3.8, 4) is 0 Å². The predicted octanol–water partition coefficient (Wildman–Crippen LogP) is 1.36. The topological polar surface area (TPSA) is 43.4 Å². The predicted molar refractivity (Wildman–Crippen MR) is 46.2 cm³/mol. The summed E-state index contributed by atoms with van der Waals surface area (Å²) >= 11 is 11.7. The highest BCUT2D eigenvalue weighted by molar-refractivity contribution is 6.49. The largest absolute Gasteiger partial charge is 0.391 e. The molecule has 0 saturated carbocycles. The van der Waals surface area contributed by atoms with Gasteiger partial charge in [0, 0.05) is 0 Å². The van der Waals surface area contributed by atoms with E-state index in [1.807, 2.05) is 0 Å². The lowest BCUT2D eigenvalue weighted by molar-refractivity contribution is -0.153. The molecule has 1 fully saturated rings. The smallest absolute Gasteiger partial charge is 0.341 e. The fourth-order valence-corrected chi connectivity index (χ4v) is 1.88. The van der Waals surface area contributed by atoms with Crippen LogP contribution in [0.15, 0.2) is 23.3 Å². The average molecular weight is 219 g/mol. The monoisotopic (exact) mass is 218 g/mol. The lowest BCUT2D eigenvalue weighted by atomic mass is 9.89. The lowest BCUT2D eigenvalue weighted by Gasteiger charge is -2.21. The Hall–Kier alpha value is -0.800. The third-order valence-corrected chi connectivity index (χ3v) is 3.18. The van der Waals surface area contributed by atoms with Crippen LogP contribution in [0.4, 0.5) is 0 Å². The van der Waals surface area contributed by atoms with Crippen LogP contribution >= 0.6 is 23.2 Å². The van der Waals surface area contributed by atoms with Gasteiger partial charge in [-0.05, 0) is 6.08 Å². The fourth-order valence-electron chi connectivity index (χ4n) is 1.35.